The third-order valence-corrected chi connectivity index (χ3v) is 2.20. The molecule has 0 amide bonds. The fourth-order valence-electron chi connectivity index (χ4n) is 1.45. The lowest BCUT2D eigenvalue weighted by molar-refractivity contribution is 0.0697. The Kier molecular flexibility index (Phi) is 2.40. The number of carbonyl (C=O) groups is 1. The molecule has 1 aromatic carbocycles. The average molecular weight is 221 g/mol. The van der Waals surface area contributed by atoms with E-state index in [-0.39, 0.29) is 5.56 Å². The predicted octanol–water partition coefficient (Wildman–Crippen LogP) is 1.32. The SMILES string of the molecule is Cn1nncc1-c1ccc(F)cc1C(=O)O. The van der Waals surface area contributed by atoms with Gasteiger partial charge in [0.05, 0.1) is 17.5 Å². The Bertz CT molecular complexity index is 551. The fraction of sp³-hybridized carbons (Fsp3) is 0.100. The quantitative estimate of drug-likeness (QED) is 0.830. The molecule has 0 unspecified atom stereocenters. The topological polar surface area (TPSA) is 68.0 Å². The molecule has 16 heavy (non-hydrogen) atoms. The highest BCUT2D eigenvalue weighted by atomic mass is 19.1. The van der Waals surface area contributed by atoms with Crippen LogP contribution in [0.3, 0.4) is 0 Å². The van der Waals surface area contributed by atoms with Crippen molar-refractivity contribution >= 4 is 5.97 Å². The zero-order valence-electron chi connectivity index (χ0n) is 8.38. The standard InChI is InChI=1S/C10H8FN3O2/c1-14-9(5-12-13-14)7-3-2-6(11)4-8(7)10(15)16/h2-5H,1H3,(H,15,16). The molecule has 5 nitrogen and oxygen atoms in total. The van der Waals surface area contributed by atoms with Crippen LogP contribution in [0.2, 0.25) is 0 Å². The van der Waals surface area contributed by atoms with E-state index in [0.29, 0.717) is 11.3 Å². The lowest BCUT2D eigenvalue weighted by Crippen LogP contribution is -2.03. The van der Waals surface area contributed by atoms with Gasteiger partial charge in [0.25, 0.3) is 0 Å². The van der Waals surface area contributed by atoms with Gasteiger partial charge in [0.2, 0.25) is 0 Å². The van der Waals surface area contributed by atoms with E-state index in [1.807, 2.05) is 0 Å². The summed E-state index contributed by atoms with van der Waals surface area (Å²) in [5.41, 5.74) is 0.809. The number of aromatic nitrogens is 3. The first-order valence-corrected chi connectivity index (χ1v) is 4.47. The summed E-state index contributed by atoms with van der Waals surface area (Å²) in [6.07, 6.45) is 1.43. The van der Waals surface area contributed by atoms with Crippen LogP contribution in [-0.4, -0.2) is 26.1 Å². The van der Waals surface area contributed by atoms with E-state index in [2.05, 4.69) is 10.3 Å². The van der Waals surface area contributed by atoms with Crippen LogP contribution in [-0.2, 0) is 7.05 Å². The smallest absolute Gasteiger partial charge is 0.336 e. The van der Waals surface area contributed by atoms with Crippen LogP contribution in [0.4, 0.5) is 4.39 Å². The fourth-order valence-corrected chi connectivity index (χ4v) is 1.45. The van der Waals surface area contributed by atoms with E-state index < -0.39 is 11.8 Å². The second-order valence-corrected chi connectivity index (χ2v) is 3.24. The van der Waals surface area contributed by atoms with Crippen LogP contribution in [0.15, 0.2) is 24.4 Å². The first-order chi connectivity index (χ1) is 7.59. The van der Waals surface area contributed by atoms with E-state index in [1.54, 1.807) is 7.05 Å². The van der Waals surface area contributed by atoms with Crippen LogP contribution in [0, 0.1) is 5.82 Å². The van der Waals surface area contributed by atoms with E-state index >= 15 is 0 Å². The zero-order valence-corrected chi connectivity index (χ0v) is 8.38. The highest BCUT2D eigenvalue weighted by Crippen LogP contribution is 2.23. The number of benzene rings is 1. The second-order valence-electron chi connectivity index (χ2n) is 3.24. The molecule has 0 radical (unpaired) electrons. The first-order valence-electron chi connectivity index (χ1n) is 4.47. The van der Waals surface area contributed by atoms with Gasteiger partial charge in [-0.05, 0) is 18.2 Å². The van der Waals surface area contributed by atoms with Crippen LogP contribution in [0.1, 0.15) is 10.4 Å². The molecular formula is C10H8FN3O2. The van der Waals surface area contributed by atoms with Crippen LogP contribution >= 0.6 is 0 Å². The van der Waals surface area contributed by atoms with Gasteiger partial charge in [0.15, 0.2) is 0 Å². The Labute approximate surface area is 90.1 Å². The van der Waals surface area contributed by atoms with E-state index in [0.717, 1.165) is 6.07 Å². The number of aromatic carboxylic acids is 1. The Hall–Kier alpha value is -2.24. The molecule has 0 fully saturated rings. The van der Waals surface area contributed by atoms with Crippen molar-refractivity contribution in [3.63, 3.8) is 0 Å². The molecule has 0 spiro atoms. The highest BCUT2D eigenvalue weighted by Gasteiger charge is 2.15. The molecule has 2 aromatic rings. The summed E-state index contributed by atoms with van der Waals surface area (Å²) in [5.74, 6) is -1.77. The Balaban J connectivity index is 2.65. The van der Waals surface area contributed by atoms with Crippen molar-refractivity contribution in [1.82, 2.24) is 15.0 Å². The van der Waals surface area contributed by atoms with Crippen molar-refractivity contribution in [1.29, 1.82) is 0 Å². The molecule has 6 heteroatoms. The normalized spacial score (nSPS) is 10.4. The van der Waals surface area contributed by atoms with Gasteiger partial charge in [-0.15, -0.1) is 5.10 Å². The molecule has 0 saturated heterocycles. The number of aryl methyl sites for hydroxylation is 1. The molecular weight excluding hydrogens is 213 g/mol. The van der Waals surface area contributed by atoms with Crippen molar-refractivity contribution in [3.05, 3.63) is 35.8 Å². The minimum Gasteiger partial charge on any atom is -0.478 e. The summed E-state index contributed by atoms with van der Waals surface area (Å²) >= 11 is 0. The summed E-state index contributed by atoms with van der Waals surface area (Å²) in [5, 5.41) is 16.3. The number of carboxylic acid groups (broad SMARTS) is 1. The third-order valence-electron chi connectivity index (χ3n) is 2.20. The molecule has 0 aliphatic rings. The van der Waals surface area contributed by atoms with Crippen molar-refractivity contribution in [3.8, 4) is 11.3 Å². The van der Waals surface area contributed by atoms with Gasteiger partial charge in [0, 0.05) is 12.6 Å². The molecule has 0 aliphatic heterocycles. The van der Waals surface area contributed by atoms with Crippen LogP contribution < -0.4 is 0 Å². The second kappa shape index (κ2) is 3.73. The summed E-state index contributed by atoms with van der Waals surface area (Å²) < 4.78 is 14.4. The van der Waals surface area contributed by atoms with Crippen LogP contribution in [0.25, 0.3) is 11.3 Å². The molecule has 1 aromatic heterocycles. The van der Waals surface area contributed by atoms with Gasteiger partial charge in [-0.2, -0.15) is 0 Å². The monoisotopic (exact) mass is 221 g/mol. The highest BCUT2D eigenvalue weighted by molar-refractivity contribution is 5.95. The Morgan fingerprint density at radius 2 is 2.25 bits per heavy atom. The minimum atomic E-state index is -1.18. The maximum atomic E-state index is 12.9. The third kappa shape index (κ3) is 1.65. The molecule has 2 rings (SSSR count). The van der Waals surface area contributed by atoms with E-state index in [1.165, 1.54) is 23.0 Å². The summed E-state index contributed by atoms with van der Waals surface area (Å²) in [6.45, 7) is 0. The van der Waals surface area contributed by atoms with E-state index in [4.69, 9.17) is 5.11 Å². The van der Waals surface area contributed by atoms with E-state index in [9.17, 15) is 9.18 Å². The van der Waals surface area contributed by atoms with Gasteiger partial charge in [0.1, 0.15) is 5.82 Å². The van der Waals surface area contributed by atoms with Gasteiger partial charge >= 0.3 is 5.97 Å². The van der Waals surface area contributed by atoms with Gasteiger partial charge in [-0.25, -0.2) is 13.9 Å². The number of rotatable bonds is 2. The van der Waals surface area contributed by atoms with Crippen molar-refractivity contribution in [2.45, 2.75) is 0 Å². The molecule has 0 atom stereocenters. The molecule has 82 valence electrons. The molecule has 1 N–H and O–H groups in total. The largest absolute Gasteiger partial charge is 0.478 e. The van der Waals surface area contributed by atoms with Crippen molar-refractivity contribution in [2.75, 3.05) is 0 Å². The number of nitrogens with zero attached hydrogens (tertiary/aromatic N) is 3. The molecule has 0 aliphatic carbocycles. The Morgan fingerprint density at radius 3 is 2.81 bits per heavy atom. The minimum absolute atomic E-state index is 0.106. The summed E-state index contributed by atoms with van der Waals surface area (Å²) in [7, 11) is 1.64. The maximum Gasteiger partial charge on any atom is 0.336 e. The maximum absolute atomic E-state index is 12.9. The van der Waals surface area contributed by atoms with Crippen LogP contribution in [0.5, 0.6) is 0 Å². The summed E-state index contributed by atoms with van der Waals surface area (Å²) in [6, 6.07) is 3.58. The van der Waals surface area contributed by atoms with Crippen molar-refractivity contribution in [2.24, 2.45) is 7.05 Å². The lowest BCUT2D eigenvalue weighted by Gasteiger charge is -2.05. The first kappa shape index (κ1) is 10.3. The molecule has 0 saturated carbocycles. The summed E-state index contributed by atoms with van der Waals surface area (Å²) in [4.78, 5) is 11.0. The number of carboxylic acids is 1. The predicted molar refractivity (Wildman–Crippen MR) is 53.4 cm³/mol. The zero-order chi connectivity index (χ0) is 11.7. The van der Waals surface area contributed by atoms with Gasteiger partial charge in [-0.1, -0.05) is 5.21 Å². The molecule has 0 bridgehead atoms. The van der Waals surface area contributed by atoms with Gasteiger partial charge < -0.3 is 5.11 Å². The number of halogens is 1. The Morgan fingerprint density at radius 1 is 1.50 bits per heavy atom. The lowest BCUT2D eigenvalue weighted by atomic mass is 10.0. The molecule has 1 heterocycles. The van der Waals surface area contributed by atoms with Crippen molar-refractivity contribution < 1.29 is 14.3 Å². The average Bonchev–Trinajstić information content (AvgIpc) is 2.64. The number of hydrogen-bond donors (Lipinski definition) is 1. The van der Waals surface area contributed by atoms with Gasteiger partial charge in [-0.3, -0.25) is 0 Å². The number of hydrogen-bond acceptors (Lipinski definition) is 3.